The Bertz CT molecular complexity index is 1030. The highest BCUT2D eigenvalue weighted by molar-refractivity contribution is 7.93. The summed E-state index contributed by atoms with van der Waals surface area (Å²) in [6, 6.07) is 11.6. The van der Waals surface area contributed by atoms with Gasteiger partial charge in [-0.25, -0.2) is 8.42 Å². The third kappa shape index (κ3) is 5.00. The number of anilines is 2. The average Bonchev–Trinajstić information content (AvgIpc) is 3.08. The fraction of sp³-hybridized carbons (Fsp3) is 0.409. The molecule has 0 bridgehead atoms. The van der Waals surface area contributed by atoms with Gasteiger partial charge in [0.2, 0.25) is 15.9 Å². The van der Waals surface area contributed by atoms with E-state index >= 15 is 0 Å². The van der Waals surface area contributed by atoms with Gasteiger partial charge in [-0.2, -0.15) is 0 Å². The molecule has 0 aromatic heterocycles. The zero-order valence-electron chi connectivity index (χ0n) is 18.5. The van der Waals surface area contributed by atoms with Crippen molar-refractivity contribution in [3.05, 3.63) is 53.6 Å². The van der Waals surface area contributed by atoms with E-state index in [0.717, 1.165) is 11.1 Å². The minimum atomic E-state index is -3.87. The Labute approximate surface area is 184 Å². The van der Waals surface area contributed by atoms with Crippen LogP contribution in [0.2, 0.25) is 0 Å². The van der Waals surface area contributed by atoms with Gasteiger partial charge in [-0.05, 0) is 75.2 Å². The van der Waals surface area contributed by atoms with Gasteiger partial charge in [-0.1, -0.05) is 6.07 Å². The minimum absolute atomic E-state index is 0.316. The van der Waals surface area contributed by atoms with E-state index in [1.165, 1.54) is 4.31 Å². The summed E-state index contributed by atoms with van der Waals surface area (Å²) in [5, 5.41) is 2.08. The van der Waals surface area contributed by atoms with Gasteiger partial charge < -0.3 is 10.1 Å². The standard InChI is InChI=1S/C22H30N4O4S/c1-14-6-7-18(12-15(14)2)23-21(27)13-26(19-8-10-20(30-5)11-9-19)31(28,29)22-16(3)24-25-17(22)4/h6-12,16-17,22,24-25H,13H2,1-5H3,(H,23,27). The van der Waals surface area contributed by atoms with Crippen molar-refractivity contribution in [1.29, 1.82) is 0 Å². The highest BCUT2D eigenvalue weighted by atomic mass is 32.2. The molecule has 1 heterocycles. The normalized spacial score (nSPS) is 21.0. The number of hydrogen-bond acceptors (Lipinski definition) is 6. The van der Waals surface area contributed by atoms with Crippen LogP contribution in [0.5, 0.6) is 5.75 Å². The molecule has 0 spiro atoms. The molecule has 0 saturated carbocycles. The number of amides is 1. The van der Waals surface area contributed by atoms with Gasteiger partial charge in [-0.3, -0.25) is 20.0 Å². The van der Waals surface area contributed by atoms with Crippen LogP contribution < -0.4 is 25.2 Å². The maximum absolute atomic E-state index is 13.6. The Kier molecular flexibility index (Phi) is 6.88. The van der Waals surface area contributed by atoms with Crippen molar-refractivity contribution < 1.29 is 17.9 Å². The summed E-state index contributed by atoms with van der Waals surface area (Å²) in [6.07, 6.45) is 0. The van der Waals surface area contributed by atoms with Gasteiger partial charge in [0, 0.05) is 17.8 Å². The summed E-state index contributed by atoms with van der Waals surface area (Å²) in [5.74, 6) is 0.188. The zero-order chi connectivity index (χ0) is 22.8. The molecule has 2 unspecified atom stereocenters. The maximum atomic E-state index is 13.6. The van der Waals surface area contributed by atoms with Crippen molar-refractivity contribution in [3.63, 3.8) is 0 Å². The second-order valence-electron chi connectivity index (χ2n) is 7.93. The van der Waals surface area contributed by atoms with Crippen LogP contribution >= 0.6 is 0 Å². The SMILES string of the molecule is COc1ccc(N(CC(=O)Nc2ccc(C)c(C)c2)S(=O)(=O)C2C(C)NNC2C)cc1. The first-order valence-electron chi connectivity index (χ1n) is 10.2. The van der Waals surface area contributed by atoms with Crippen molar-refractivity contribution in [2.75, 3.05) is 23.3 Å². The molecule has 3 rings (SSSR count). The molecule has 2 atom stereocenters. The Hall–Kier alpha value is -2.62. The van der Waals surface area contributed by atoms with Crippen LogP contribution in [0.1, 0.15) is 25.0 Å². The van der Waals surface area contributed by atoms with Crippen LogP contribution in [0.25, 0.3) is 0 Å². The molecule has 1 fully saturated rings. The lowest BCUT2D eigenvalue weighted by molar-refractivity contribution is -0.114. The largest absolute Gasteiger partial charge is 0.497 e. The summed E-state index contributed by atoms with van der Waals surface area (Å²) in [7, 11) is -2.33. The van der Waals surface area contributed by atoms with Crippen LogP contribution in [0.3, 0.4) is 0 Å². The topological polar surface area (TPSA) is 99.8 Å². The van der Waals surface area contributed by atoms with Crippen molar-refractivity contribution >= 4 is 27.3 Å². The van der Waals surface area contributed by atoms with Crippen molar-refractivity contribution in [2.24, 2.45) is 0 Å². The summed E-state index contributed by atoms with van der Waals surface area (Å²) < 4.78 is 33.6. The number of ether oxygens (including phenoxy) is 1. The Balaban J connectivity index is 1.91. The monoisotopic (exact) mass is 446 g/mol. The smallest absolute Gasteiger partial charge is 0.245 e. The van der Waals surface area contributed by atoms with Gasteiger partial charge >= 0.3 is 0 Å². The summed E-state index contributed by atoms with van der Waals surface area (Å²) in [4.78, 5) is 12.9. The first-order chi connectivity index (χ1) is 14.6. The zero-order valence-corrected chi connectivity index (χ0v) is 19.3. The van der Waals surface area contributed by atoms with Gasteiger partial charge in [0.1, 0.15) is 17.5 Å². The molecular formula is C22H30N4O4S. The lowest BCUT2D eigenvalue weighted by atomic mass is 10.1. The number of methoxy groups -OCH3 is 1. The molecule has 9 heteroatoms. The first kappa shape index (κ1) is 23.1. The predicted octanol–water partition coefficient (Wildman–Crippen LogP) is 2.34. The second kappa shape index (κ2) is 9.25. The maximum Gasteiger partial charge on any atom is 0.245 e. The number of rotatable bonds is 7. The molecule has 1 amide bonds. The first-order valence-corrected chi connectivity index (χ1v) is 11.7. The van der Waals surface area contributed by atoms with Crippen molar-refractivity contribution in [3.8, 4) is 5.75 Å². The number of nitrogens with zero attached hydrogens (tertiary/aromatic N) is 1. The quantitative estimate of drug-likeness (QED) is 0.604. The predicted molar refractivity (Wildman–Crippen MR) is 123 cm³/mol. The third-order valence-corrected chi connectivity index (χ3v) is 8.07. The molecule has 8 nitrogen and oxygen atoms in total. The lowest BCUT2D eigenvalue weighted by Crippen LogP contribution is -2.49. The molecule has 0 radical (unpaired) electrons. The molecule has 31 heavy (non-hydrogen) atoms. The Morgan fingerprint density at radius 2 is 1.65 bits per heavy atom. The van der Waals surface area contributed by atoms with Crippen LogP contribution in [0.15, 0.2) is 42.5 Å². The summed E-state index contributed by atoms with van der Waals surface area (Å²) in [5.41, 5.74) is 9.15. The third-order valence-electron chi connectivity index (χ3n) is 5.61. The van der Waals surface area contributed by atoms with Gasteiger partial charge in [0.05, 0.1) is 12.8 Å². The number of benzene rings is 2. The molecule has 0 aliphatic carbocycles. The Morgan fingerprint density at radius 1 is 1.03 bits per heavy atom. The molecule has 2 aromatic carbocycles. The van der Waals surface area contributed by atoms with E-state index in [0.29, 0.717) is 17.1 Å². The summed E-state index contributed by atoms with van der Waals surface area (Å²) >= 11 is 0. The minimum Gasteiger partial charge on any atom is -0.497 e. The molecule has 2 aromatic rings. The van der Waals surface area contributed by atoms with Crippen molar-refractivity contribution in [2.45, 2.75) is 45.0 Å². The number of hydrazine groups is 1. The molecule has 1 aliphatic heterocycles. The number of aryl methyl sites for hydroxylation is 2. The number of carbonyl (C=O) groups is 1. The van der Waals surface area contributed by atoms with E-state index in [4.69, 9.17) is 4.74 Å². The molecule has 1 aliphatic rings. The van der Waals surface area contributed by atoms with E-state index in [-0.39, 0.29) is 18.6 Å². The number of carbonyl (C=O) groups excluding carboxylic acids is 1. The van der Waals surface area contributed by atoms with Crippen LogP contribution in [-0.4, -0.2) is 45.3 Å². The summed E-state index contributed by atoms with van der Waals surface area (Å²) in [6.45, 7) is 7.23. The fourth-order valence-electron chi connectivity index (χ4n) is 3.75. The number of hydrogen-bond donors (Lipinski definition) is 3. The van der Waals surface area contributed by atoms with Crippen LogP contribution in [0, 0.1) is 13.8 Å². The highest BCUT2D eigenvalue weighted by Crippen LogP contribution is 2.27. The molecule has 168 valence electrons. The second-order valence-corrected chi connectivity index (χ2v) is 9.94. The average molecular weight is 447 g/mol. The van der Waals surface area contributed by atoms with E-state index in [1.54, 1.807) is 51.3 Å². The van der Waals surface area contributed by atoms with Crippen LogP contribution in [-0.2, 0) is 14.8 Å². The molecular weight excluding hydrogens is 416 g/mol. The Morgan fingerprint density at radius 3 is 2.19 bits per heavy atom. The van der Waals surface area contributed by atoms with E-state index in [2.05, 4.69) is 16.2 Å². The molecule has 3 N–H and O–H groups in total. The number of sulfonamides is 1. The van der Waals surface area contributed by atoms with E-state index in [1.807, 2.05) is 26.0 Å². The van der Waals surface area contributed by atoms with Gasteiger partial charge in [0.15, 0.2) is 0 Å². The van der Waals surface area contributed by atoms with E-state index in [9.17, 15) is 13.2 Å². The van der Waals surface area contributed by atoms with Gasteiger partial charge in [0.25, 0.3) is 0 Å². The lowest BCUT2D eigenvalue weighted by Gasteiger charge is -2.30. The number of nitrogens with one attached hydrogen (secondary N) is 3. The van der Waals surface area contributed by atoms with Crippen molar-refractivity contribution in [1.82, 2.24) is 10.9 Å². The molecule has 1 saturated heterocycles. The highest BCUT2D eigenvalue weighted by Gasteiger charge is 2.44. The van der Waals surface area contributed by atoms with E-state index < -0.39 is 21.2 Å². The van der Waals surface area contributed by atoms with Gasteiger partial charge in [-0.15, -0.1) is 0 Å². The van der Waals surface area contributed by atoms with Crippen LogP contribution in [0.4, 0.5) is 11.4 Å². The fourth-order valence-corrected chi connectivity index (χ4v) is 5.92.